The van der Waals surface area contributed by atoms with Gasteiger partial charge in [-0.3, -0.25) is 9.59 Å². The Kier molecular flexibility index (Phi) is 4.20. The number of hydrogen-bond donors (Lipinski definition) is 3. The molecule has 0 unspecified atom stereocenters. The fourth-order valence-corrected chi connectivity index (χ4v) is 3.06. The van der Waals surface area contributed by atoms with Crippen LogP contribution in [0.3, 0.4) is 0 Å². The summed E-state index contributed by atoms with van der Waals surface area (Å²) in [4.78, 5) is 23.8. The fraction of sp³-hybridized carbons (Fsp3) is 0.375. The second-order valence-corrected chi connectivity index (χ2v) is 5.83. The van der Waals surface area contributed by atoms with Gasteiger partial charge in [0.15, 0.2) is 0 Å². The predicted molar refractivity (Wildman–Crippen MR) is 87.5 cm³/mol. The first-order valence-corrected chi connectivity index (χ1v) is 7.71. The van der Waals surface area contributed by atoms with Gasteiger partial charge in [0, 0.05) is 25.5 Å². The van der Waals surface area contributed by atoms with Gasteiger partial charge in [0.2, 0.25) is 0 Å². The quantitative estimate of drug-likeness (QED) is 0.788. The Morgan fingerprint density at radius 3 is 2.70 bits per heavy atom. The molecule has 2 aromatic heterocycles. The molecule has 0 radical (unpaired) electrons. The first-order valence-electron chi connectivity index (χ1n) is 7.71. The number of hydrogen-bond acceptors (Lipinski definition) is 3. The van der Waals surface area contributed by atoms with Crippen LogP contribution < -0.4 is 16.4 Å². The Bertz CT molecular complexity index is 725. The lowest BCUT2D eigenvalue weighted by Gasteiger charge is -2.25. The molecule has 23 heavy (non-hydrogen) atoms. The third kappa shape index (κ3) is 3.14. The lowest BCUT2D eigenvalue weighted by atomic mass is 10.1. The minimum absolute atomic E-state index is 0.185. The number of aryl methyl sites for hydroxylation is 1. The van der Waals surface area contributed by atoms with E-state index in [1.165, 1.54) is 0 Å². The van der Waals surface area contributed by atoms with Crippen molar-refractivity contribution in [2.24, 2.45) is 12.8 Å². The van der Waals surface area contributed by atoms with E-state index in [0.29, 0.717) is 23.1 Å². The molecule has 7 nitrogen and oxygen atoms in total. The van der Waals surface area contributed by atoms with Crippen LogP contribution >= 0.6 is 0 Å². The molecule has 0 aromatic carbocycles. The molecule has 1 fully saturated rings. The van der Waals surface area contributed by atoms with Crippen LogP contribution in [0.25, 0.3) is 0 Å². The van der Waals surface area contributed by atoms with Crippen LogP contribution in [0, 0.1) is 0 Å². The van der Waals surface area contributed by atoms with Crippen molar-refractivity contribution in [2.45, 2.75) is 18.9 Å². The molecule has 0 saturated carbocycles. The van der Waals surface area contributed by atoms with Crippen LogP contribution in [0.1, 0.15) is 39.9 Å². The van der Waals surface area contributed by atoms with Crippen LogP contribution in [-0.4, -0.2) is 34.0 Å². The number of piperidine rings is 1. The van der Waals surface area contributed by atoms with Gasteiger partial charge in [-0.1, -0.05) is 0 Å². The fourth-order valence-electron chi connectivity index (χ4n) is 3.06. The predicted octanol–water partition coefficient (Wildman–Crippen LogP) is 1.10. The van der Waals surface area contributed by atoms with E-state index < -0.39 is 5.91 Å². The summed E-state index contributed by atoms with van der Waals surface area (Å²) in [5.41, 5.74) is 6.83. The van der Waals surface area contributed by atoms with Crippen molar-refractivity contribution in [1.29, 1.82) is 0 Å². The van der Waals surface area contributed by atoms with Crippen molar-refractivity contribution in [3.8, 4) is 0 Å². The number of carbonyl (C=O) groups excluding carboxylic acids is 2. The summed E-state index contributed by atoms with van der Waals surface area (Å²) in [6.07, 6.45) is 5.64. The summed E-state index contributed by atoms with van der Waals surface area (Å²) in [6.45, 7) is 1.93. The van der Waals surface area contributed by atoms with Crippen LogP contribution in [0.15, 0.2) is 30.6 Å². The average molecular weight is 315 g/mol. The molecular formula is C16H21N5O2. The zero-order valence-corrected chi connectivity index (χ0v) is 13.1. The van der Waals surface area contributed by atoms with Crippen molar-refractivity contribution in [3.63, 3.8) is 0 Å². The Hall–Kier alpha value is -2.54. The summed E-state index contributed by atoms with van der Waals surface area (Å²) in [7, 11) is 1.72. The van der Waals surface area contributed by atoms with E-state index in [4.69, 9.17) is 5.73 Å². The SMILES string of the molecule is Cn1cc(NC(=O)c2cccn2C2CCNCC2)cc1C(N)=O. The smallest absolute Gasteiger partial charge is 0.272 e. The largest absolute Gasteiger partial charge is 0.364 e. The molecule has 2 aromatic rings. The molecule has 1 aliphatic rings. The minimum Gasteiger partial charge on any atom is -0.364 e. The number of carbonyl (C=O) groups is 2. The van der Waals surface area contributed by atoms with E-state index in [-0.39, 0.29) is 5.91 Å². The van der Waals surface area contributed by atoms with Gasteiger partial charge in [-0.25, -0.2) is 0 Å². The molecule has 2 amide bonds. The molecule has 3 rings (SSSR count). The number of anilines is 1. The van der Waals surface area contributed by atoms with E-state index in [9.17, 15) is 9.59 Å². The number of aromatic nitrogens is 2. The van der Waals surface area contributed by atoms with Crippen molar-refractivity contribution in [1.82, 2.24) is 14.5 Å². The van der Waals surface area contributed by atoms with Crippen LogP contribution in [0.2, 0.25) is 0 Å². The third-order valence-corrected chi connectivity index (χ3v) is 4.23. The van der Waals surface area contributed by atoms with Crippen molar-refractivity contribution in [2.75, 3.05) is 18.4 Å². The van der Waals surface area contributed by atoms with Gasteiger partial charge >= 0.3 is 0 Å². The Morgan fingerprint density at radius 1 is 1.30 bits per heavy atom. The molecule has 7 heteroatoms. The first-order chi connectivity index (χ1) is 11.1. The van der Waals surface area contributed by atoms with Gasteiger partial charge in [-0.2, -0.15) is 0 Å². The van der Waals surface area contributed by atoms with Crippen molar-refractivity contribution >= 4 is 17.5 Å². The molecule has 122 valence electrons. The zero-order valence-electron chi connectivity index (χ0n) is 13.1. The second-order valence-electron chi connectivity index (χ2n) is 5.83. The van der Waals surface area contributed by atoms with Crippen LogP contribution in [-0.2, 0) is 7.05 Å². The van der Waals surface area contributed by atoms with Gasteiger partial charge < -0.3 is 25.5 Å². The van der Waals surface area contributed by atoms with Gasteiger partial charge in [0.25, 0.3) is 11.8 Å². The number of primary amides is 1. The molecule has 0 atom stereocenters. The lowest BCUT2D eigenvalue weighted by molar-refractivity contribution is 0.0988. The summed E-state index contributed by atoms with van der Waals surface area (Å²) >= 11 is 0. The van der Waals surface area contributed by atoms with Gasteiger partial charge in [-0.15, -0.1) is 0 Å². The summed E-state index contributed by atoms with van der Waals surface area (Å²) in [5, 5.41) is 6.16. The highest BCUT2D eigenvalue weighted by Gasteiger charge is 2.20. The summed E-state index contributed by atoms with van der Waals surface area (Å²) in [5.74, 6) is -0.707. The Labute approximate surface area is 134 Å². The van der Waals surface area contributed by atoms with E-state index in [1.54, 1.807) is 23.9 Å². The normalized spacial score (nSPS) is 15.5. The van der Waals surface area contributed by atoms with E-state index in [1.807, 2.05) is 22.9 Å². The molecular weight excluding hydrogens is 294 g/mol. The maximum atomic E-state index is 12.6. The number of rotatable bonds is 4. The van der Waals surface area contributed by atoms with Gasteiger partial charge in [-0.05, 0) is 44.1 Å². The number of nitrogens with zero attached hydrogens (tertiary/aromatic N) is 2. The summed E-state index contributed by atoms with van der Waals surface area (Å²) < 4.78 is 3.64. The van der Waals surface area contributed by atoms with Gasteiger partial charge in [0.05, 0.1) is 5.69 Å². The maximum absolute atomic E-state index is 12.6. The standard InChI is InChI=1S/C16H21N5O2/c1-20-10-11(9-14(20)15(17)22)19-16(23)13-3-2-8-21(13)12-4-6-18-7-5-12/h2-3,8-10,12,18H,4-7H2,1H3,(H2,17,22)(H,19,23). The molecule has 3 heterocycles. The lowest BCUT2D eigenvalue weighted by Crippen LogP contribution is -2.31. The minimum atomic E-state index is -0.522. The average Bonchev–Trinajstić information content (AvgIpc) is 3.15. The first kappa shape index (κ1) is 15.4. The van der Waals surface area contributed by atoms with Crippen molar-refractivity contribution < 1.29 is 9.59 Å². The number of nitrogens with two attached hydrogens (primary N) is 1. The zero-order chi connectivity index (χ0) is 16.4. The maximum Gasteiger partial charge on any atom is 0.272 e. The molecule has 0 aliphatic carbocycles. The van der Waals surface area contributed by atoms with E-state index in [0.717, 1.165) is 25.9 Å². The molecule has 4 N–H and O–H groups in total. The van der Waals surface area contributed by atoms with E-state index in [2.05, 4.69) is 10.6 Å². The van der Waals surface area contributed by atoms with Crippen molar-refractivity contribution in [3.05, 3.63) is 42.0 Å². The highest BCUT2D eigenvalue weighted by molar-refractivity contribution is 6.04. The molecule has 1 saturated heterocycles. The van der Waals surface area contributed by atoms with Gasteiger partial charge in [0.1, 0.15) is 11.4 Å². The van der Waals surface area contributed by atoms with Crippen LogP contribution in [0.5, 0.6) is 0 Å². The highest BCUT2D eigenvalue weighted by atomic mass is 16.2. The Morgan fingerprint density at radius 2 is 2.04 bits per heavy atom. The van der Waals surface area contributed by atoms with Crippen LogP contribution in [0.4, 0.5) is 5.69 Å². The number of amides is 2. The molecule has 1 aliphatic heterocycles. The van der Waals surface area contributed by atoms with E-state index >= 15 is 0 Å². The Balaban J connectivity index is 1.77. The monoisotopic (exact) mass is 315 g/mol. The second kappa shape index (κ2) is 6.29. The summed E-state index contributed by atoms with van der Waals surface area (Å²) in [6, 6.07) is 5.62. The highest BCUT2D eigenvalue weighted by Crippen LogP contribution is 2.22. The number of nitrogens with one attached hydrogen (secondary N) is 2. The third-order valence-electron chi connectivity index (χ3n) is 4.23. The molecule has 0 bridgehead atoms. The topological polar surface area (TPSA) is 94.1 Å². The molecule has 0 spiro atoms.